The number of benzene rings is 1. The number of unbranched alkanes of at least 4 members (excludes halogenated alkanes) is 3. The molecule has 0 radical (unpaired) electrons. The van der Waals surface area contributed by atoms with Crippen molar-refractivity contribution in [2.45, 2.75) is 49.2 Å². The zero-order valence-corrected chi connectivity index (χ0v) is 11.8. The van der Waals surface area contributed by atoms with Crippen molar-refractivity contribution in [2.24, 2.45) is 0 Å². The number of nitrogens with one attached hydrogen (secondary N) is 1. The highest BCUT2D eigenvalue weighted by molar-refractivity contribution is 8.01. The quantitative estimate of drug-likeness (QED) is 0.797. The van der Waals surface area contributed by atoms with Gasteiger partial charge in [-0.3, -0.25) is 4.79 Å². The Morgan fingerprint density at radius 2 is 2.17 bits per heavy atom. The lowest BCUT2D eigenvalue weighted by Gasteiger charge is -2.09. The maximum Gasteiger partial charge on any atom is 0.233 e. The number of carbonyl (C=O) groups is 1. The molecule has 1 unspecified atom stereocenters. The molecule has 1 heterocycles. The summed E-state index contributed by atoms with van der Waals surface area (Å²) >= 11 is 1.70. The molecule has 1 amide bonds. The zero-order chi connectivity index (χ0) is 12.8. The molecule has 0 bridgehead atoms. The minimum absolute atomic E-state index is 0.0774. The van der Waals surface area contributed by atoms with Gasteiger partial charge in [0.15, 0.2) is 0 Å². The third kappa shape index (κ3) is 3.52. The first-order chi connectivity index (χ1) is 8.81. The Morgan fingerprint density at radius 3 is 2.94 bits per heavy atom. The average molecular weight is 263 g/mol. The number of fused-ring (bicyclic) bond motifs is 1. The van der Waals surface area contributed by atoms with Crippen LogP contribution < -0.4 is 5.32 Å². The second-order valence-electron chi connectivity index (χ2n) is 4.77. The molecule has 1 aromatic carbocycles. The van der Waals surface area contributed by atoms with Gasteiger partial charge in [-0.05, 0) is 24.5 Å². The first kappa shape index (κ1) is 13.5. The van der Waals surface area contributed by atoms with Gasteiger partial charge in [0.2, 0.25) is 5.91 Å². The van der Waals surface area contributed by atoms with E-state index in [1.54, 1.807) is 11.8 Å². The normalized spacial score (nSPS) is 17.5. The zero-order valence-electron chi connectivity index (χ0n) is 10.9. The van der Waals surface area contributed by atoms with Crippen LogP contribution in [0.3, 0.4) is 0 Å². The molecule has 2 nitrogen and oxygen atoms in total. The fourth-order valence-electron chi connectivity index (χ4n) is 2.21. The van der Waals surface area contributed by atoms with E-state index in [0.29, 0.717) is 0 Å². The predicted octanol–water partition coefficient (Wildman–Crippen LogP) is 3.40. The maximum atomic E-state index is 12.0. The Bertz CT molecular complexity index is 380. The number of carbonyl (C=O) groups excluding carboxylic acids is 1. The molecule has 0 fully saturated rings. The molecule has 1 aliphatic heterocycles. The molecule has 1 N–H and O–H groups in total. The van der Waals surface area contributed by atoms with Crippen molar-refractivity contribution in [3.8, 4) is 0 Å². The summed E-state index contributed by atoms with van der Waals surface area (Å²) in [4.78, 5) is 13.3. The molecule has 2 rings (SSSR count). The second kappa shape index (κ2) is 6.83. The summed E-state index contributed by atoms with van der Waals surface area (Å²) in [6.45, 7) is 3.03. The molecular weight excluding hydrogens is 242 g/mol. The van der Waals surface area contributed by atoms with Crippen molar-refractivity contribution in [3.63, 3.8) is 0 Å². The molecule has 0 saturated carbocycles. The minimum atomic E-state index is 0.0774. The van der Waals surface area contributed by atoms with Gasteiger partial charge in [0.25, 0.3) is 0 Å². The average Bonchev–Trinajstić information content (AvgIpc) is 2.82. The Morgan fingerprint density at radius 1 is 1.33 bits per heavy atom. The van der Waals surface area contributed by atoms with Gasteiger partial charge >= 0.3 is 0 Å². The van der Waals surface area contributed by atoms with Crippen molar-refractivity contribution < 1.29 is 4.79 Å². The summed E-state index contributed by atoms with van der Waals surface area (Å²) in [6, 6.07) is 8.31. The van der Waals surface area contributed by atoms with Crippen molar-refractivity contribution in [1.29, 1.82) is 0 Å². The van der Waals surface area contributed by atoms with E-state index in [1.807, 2.05) is 12.1 Å². The Labute approximate surface area is 114 Å². The summed E-state index contributed by atoms with van der Waals surface area (Å²) < 4.78 is 0. The van der Waals surface area contributed by atoms with Crippen LogP contribution in [0.15, 0.2) is 29.2 Å². The van der Waals surface area contributed by atoms with E-state index in [0.717, 1.165) is 19.4 Å². The number of rotatable bonds is 6. The molecule has 18 heavy (non-hydrogen) atoms. The van der Waals surface area contributed by atoms with Crippen LogP contribution in [0.25, 0.3) is 0 Å². The standard InChI is InChI=1S/C15H21NOS/c1-2-3-4-7-10-16-15(17)14-11-12-8-5-6-9-13(12)18-14/h5-6,8-9,14H,2-4,7,10-11H2,1H3,(H,16,17). The highest BCUT2D eigenvalue weighted by Crippen LogP contribution is 2.36. The van der Waals surface area contributed by atoms with Crippen LogP contribution in [0.1, 0.15) is 38.2 Å². The van der Waals surface area contributed by atoms with E-state index in [2.05, 4.69) is 24.4 Å². The van der Waals surface area contributed by atoms with Gasteiger partial charge in [-0.2, -0.15) is 0 Å². The summed E-state index contributed by atoms with van der Waals surface area (Å²) in [5.74, 6) is 0.202. The van der Waals surface area contributed by atoms with Gasteiger partial charge in [0.05, 0.1) is 5.25 Å². The SMILES string of the molecule is CCCCCCNC(=O)C1Cc2ccccc2S1. The van der Waals surface area contributed by atoms with Crippen molar-refractivity contribution in [3.05, 3.63) is 29.8 Å². The van der Waals surface area contributed by atoms with E-state index >= 15 is 0 Å². The molecule has 0 aliphatic carbocycles. The van der Waals surface area contributed by atoms with Gasteiger partial charge in [0.1, 0.15) is 0 Å². The fourth-order valence-corrected chi connectivity index (χ4v) is 3.43. The van der Waals surface area contributed by atoms with Crippen LogP contribution in [-0.4, -0.2) is 17.7 Å². The molecular formula is C15H21NOS. The Balaban J connectivity index is 1.72. The van der Waals surface area contributed by atoms with Crippen molar-refractivity contribution >= 4 is 17.7 Å². The largest absolute Gasteiger partial charge is 0.355 e. The Hall–Kier alpha value is -0.960. The predicted molar refractivity (Wildman–Crippen MR) is 76.9 cm³/mol. The lowest BCUT2D eigenvalue weighted by Crippen LogP contribution is -2.33. The molecule has 3 heteroatoms. The number of hydrogen-bond acceptors (Lipinski definition) is 2. The molecule has 0 spiro atoms. The first-order valence-electron chi connectivity index (χ1n) is 6.83. The minimum Gasteiger partial charge on any atom is -0.355 e. The number of amides is 1. The topological polar surface area (TPSA) is 29.1 Å². The van der Waals surface area contributed by atoms with Gasteiger partial charge in [-0.25, -0.2) is 0 Å². The molecule has 1 atom stereocenters. The molecule has 0 aromatic heterocycles. The molecule has 1 aliphatic rings. The molecule has 1 aromatic rings. The third-order valence-electron chi connectivity index (χ3n) is 3.27. The number of thioether (sulfide) groups is 1. The van der Waals surface area contributed by atoms with Crippen LogP contribution in [0.5, 0.6) is 0 Å². The van der Waals surface area contributed by atoms with E-state index in [4.69, 9.17) is 0 Å². The first-order valence-corrected chi connectivity index (χ1v) is 7.71. The second-order valence-corrected chi connectivity index (χ2v) is 6.01. The summed E-state index contributed by atoms with van der Waals surface area (Å²) in [5.41, 5.74) is 1.31. The van der Waals surface area contributed by atoms with Crippen LogP contribution >= 0.6 is 11.8 Å². The van der Waals surface area contributed by atoms with Crippen LogP contribution in [0.4, 0.5) is 0 Å². The maximum absolute atomic E-state index is 12.0. The van der Waals surface area contributed by atoms with Crippen LogP contribution in [0.2, 0.25) is 0 Å². The third-order valence-corrected chi connectivity index (χ3v) is 4.59. The summed E-state index contributed by atoms with van der Waals surface area (Å²) in [6.07, 6.45) is 5.70. The number of hydrogen-bond donors (Lipinski definition) is 1. The summed E-state index contributed by atoms with van der Waals surface area (Å²) in [7, 11) is 0. The van der Waals surface area contributed by atoms with E-state index in [1.165, 1.54) is 29.7 Å². The van der Waals surface area contributed by atoms with Gasteiger partial charge in [0, 0.05) is 11.4 Å². The van der Waals surface area contributed by atoms with E-state index in [-0.39, 0.29) is 11.2 Å². The molecule has 0 saturated heterocycles. The Kier molecular flexibility index (Phi) is 5.12. The highest BCUT2D eigenvalue weighted by Gasteiger charge is 2.27. The van der Waals surface area contributed by atoms with Crippen LogP contribution in [-0.2, 0) is 11.2 Å². The van der Waals surface area contributed by atoms with E-state index in [9.17, 15) is 4.79 Å². The molecule has 98 valence electrons. The van der Waals surface area contributed by atoms with Gasteiger partial charge in [-0.15, -0.1) is 11.8 Å². The highest BCUT2D eigenvalue weighted by atomic mass is 32.2. The van der Waals surface area contributed by atoms with E-state index < -0.39 is 0 Å². The monoisotopic (exact) mass is 263 g/mol. The smallest absolute Gasteiger partial charge is 0.233 e. The van der Waals surface area contributed by atoms with Crippen molar-refractivity contribution in [2.75, 3.05) is 6.54 Å². The van der Waals surface area contributed by atoms with Crippen LogP contribution in [0, 0.1) is 0 Å². The lowest BCUT2D eigenvalue weighted by atomic mass is 10.1. The summed E-state index contributed by atoms with van der Waals surface area (Å²) in [5, 5.41) is 3.14. The van der Waals surface area contributed by atoms with Gasteiger partial charge < -0.3 is 5.32 Å². The van der Waals surface area contributed by atoms with Crippen molar-refractivity contribution in [1.82, 2.24) is 5.32 Å². The lowest BCUT2D eigenvalue weighted by molar-refractivity contribution is -0.120. The van der Waals surface area contributed by atoms with Gasteiger partial charge in [-0.1, -0.05) is 44.4 Å². The fraction of sp³-hybridized carbons (Fsp3) is 0.533.